The summed E-state index contributed by atoms with van der Waals surface area (Å²) in [6.07, 6.45) is 0. The van der Waals surface area contributed by atoms with Gasteiger partial charge in [0.1, 0.15) is 6.04 Å². The summed E-state index contributed by atoms with van der Waals surface area (Å²) < 4.78 is 0. The molecule has 0 amide bonds. The Balaban J connectivity index is 1.96. The Hall–Kier alpha value is -2.63. The SMILES string of the molecule is ONC1C(c2c(O)[nH]c3ccccc23)=Nc2ccccc21. The fourth-order valence-corrected chi connectivity index (χ4v) is 2.89. The summed E-state index contributed by atoms with van der Waals surface area (Å²) in [5, 5.41) is 20.6. The predicted molar refractivity (Wildman–Crippen MR) is 80.3 cm³/mol. The van der Waals surface area contributed by atoms with Gasteiger partial charge in [0.25, 0.3) is 0 Å². The van der Waals surface area contributed by atoms with Crippen molar-refractivity contribution in [2.45, 2.75) is 6.04 Å². The van der Waals surface area contributed by atoms with Crippen molar-refractivity contribution in [2.75, 3.05) is 0 Å². The minimum absolute atomic E-state index is 0.0583. The van der Waals surface area contributed by atoms with E-state index in [1.807, 2.05) is 48.5 Å². The molecule has 104 valence electrons. The van der Waals surface area contributed by atoms with Crippen LogP contribution in [0.1, 0.15) is 17.2 Å². The Morgan fingerprint density at radius 3 is 2.67 bits per heavy atom. The molecular formula is C16H13N3O2. The minimum Gasteiger partial charge on any atom is -0.494 e. The number of aliphatic imine (C=N–C) groups is 1. The molecule has 1 aliphatic heterocycles. The molecule has 1 atom stereocenters. The van der Waals surface area contributed by atoms with Gasteiger partial charge < -0.3 is 15.3 Å². The van der Waals surface area contributed by atoms with Crippen molar-refractivity contribution in [3.63, 3.8) is 0 Å². The van der Waals surface area contributed by atoms with Crippen molar-refractivity contribution < 1.29 is 10.3 Å². The number of nitrogens with one attached hydrogen (secondary N) is 2. The lowest BCUT2D eigenvalue weighted by molar-refractivity contribution is 0.151. The molecule has 0 bridgehead atoms. The zero-order valence-corrected chi connectivity index (χ0v) is 11.0. The second-order valence-electron chi connectivity index (χ2n) is 5.01. The van der Waals surface area contributed by atoms with Crippen molar-refractivity contribution in [3.05, 3.63) is 59.7 Å². The van der Waals surface area contributed by atoms with Crippen LogP contribution in [0.25, 0.3) is 10.9 Å². The molecule has 0 saturated carbocycles. The lowest BCUT2D eigenvalue weighted by atomic mass is 9.98. The van der Waals surface area contributed by atoms with Crippen LogP contribution in [0.3, 0.4) is 0 Å². The zero-order chi connectivity index (χ0) is 14.4. The molecule has 4 rings (SSSR count). The smallest absolute Gasteiger partial charge is 0.198 e. The number of H-pyrrole nitrogens is 1. The van der Waals surface area contributed by atoms with Crippen LogP contribution in [-0.4, -0.2) is 21.0 Å². The van der Waals surface area contributed by atoms with Crippen LogP contribution in [0.4, 0.5) is 5.69 Å². The summed E-state index contributed by atoms with van der Waals surface area (Å²) in [6.45, 7) is 0. The van der Waals surface area contributed by atoms with Crippen LogP contribution < -0.4 is 5.48 Å². The number of aromatic amines is 1. The van der Waals surface area contributed by atoms with E-state index >= 15 is 0 Å². The highest BCUT2D eigenvalue weighted by molar-refractivity contribution is 6.18. The van der Waals surface area contributed by atoms with Gasteiger partial charge in [0.05, 0.1) is 17.0 Å². The third-order valence-corrected chi connectivity index (χ3v) is 3.83. The van der Waals surface area contributed by atoms with E-state index in [0.717, 1.165) is 22.2 Å². The Morgan fingerprint density at radius 2 is 1.81 bits per heavy atom. The topological polar surface area (TPSA) is 80.6 Å². The highest BCUT2D eigenvalue weighted by Gasteiger charge is 2.31. The molecular weight excluding hydrogens is 266 g/mol. The molecule has 21 heavy (non-hydrogen) atoms. The van der Waals surface area contributed by atoms with Gasteiger partial charge in [0.15, 0.2) is 5.88 Å². The summed E-state index contributed by atoms with van der Waals surface area (Å²) in [5.41, 5.74) is 6.04. The van der Waals surface area contributed by atoms with Crippen LogP contribution in [-0.2, 0) is 0 Å². The number of hydrogen-bond acceptors (Lipinski definition) is 4. The van der Waals surface area contributed by atoms with E-state index in [0.29, 0.717) is 11.3 Å². The first-order valence-corrected chi connectivity index (χ1v) is 6.67. The normalized spacial score (nSPS) is 17.0. The van der Waals surface area contributed by atoms with Crippen LogP contribution >= 0.6 is 0 Å². The van der Waals surface area contributed by atoms with Crippen LogP contribution in [0.15, 0.2) is 53.5 Å². The van der Waals surface area contributed by atoms with E-state index in [9.17, 15) is 10.3 Å². The molecule has 0 fully saturated rings. The summed E-state index contributed by atoms with van der Waals surface area (Å²) in [6, 6.07) is 14.8. The van der Waals surface area contributed by atoms with Crippen molar-refractivity contribution in [2.24, 2.45) is 4.99 Å². The quantitative estimate of drug-likeness (QED) is 0.544. The molecule has 0 radical (unpaired) electrons. The van der Waals surface area contributed by atoms with E-state index in [-0.39, 0.29) is 5.88 Å². The predicted octanol–water partition coefficient (Wildman–Crippen LogP) is 3.03. The summed E-state index contributed by atoms with van der Waals surface area (Å²) in [7, 11) is 0. The van der Waals surface area contributed by atoms with Crippen LogP contribution in [0.2, 0.25) is 0 Å². The van der Waals surface area contributed by atoms with E-state index in [1.165, 1.54) is 0 Å². The molecule has 5 heteroatoms. The molecule has 3 aromatic rings. The Labute approximate surface area is 120 Å². The number of aromatic nitrogens is 1. The maximum Gasteiger partial charge on any atom is 0.198 e. The lowest BCUT2D eigenvalue weighted by Gasteiger charge is -2.12. The average Bonchev–Trinajstić information content (AvgIpc) is 3.02. The molecule has 2 aromatic carbocycles. The number of rotatable bonds is 2. The molecule has 0 aliphatic carbocycles. The minimum atomic E-state index is -0.452. The van der Waals surface area contributed by atoms with Crippen molar-refractivity contribution in [1.29, 1.82) is 0 Å². The molecule has 0 spiro atoms. The maximum absolute atomic E-state index is 10.2. The van der Waals surface area contributed by atoms with Crippen LogP contribution in [0.5, 0.6) is 5.88 Å². The second-order valence-corrected chi connectivity index (χ2v) is 5.01. The van der Waals surface area contributed by atoms with E-state index in [4.69, 9.17) is 0 Å². The van der Waals surface area contributed by atoms with Gasteiger partial charge in [-0.1, -0.05) is 36.4 Å². The number of para-hydroxylation sites is 2. The van der Waals surface area contributed by atoms with E-state index in [1.54, 1.807) is 0 Å². The second kappa shape index (κ2) is 4.44. The zero-order valence-electron chi connectivity index (χ0n) is 11.0. The highest BCUT2D eigenvalue weighted by Crippen LogP contribution is 2.40. The molecule has 1 aromatic heterocycles. The molecule has 5 nitrogen and oxygen atoms in total. The van der Waals surface area contributed by atoms with E-state index < -0.39 is 6.04 Å². The fraction of sp³-hybridized carbons (Fsp3) is 0.0625. The molecule has 4 N–H and O–H groups in total. The first-order chi connectivity index (χ1) is 10.3. The third kappa shape index (κ3) is 1.68. The Morgan fingerprint density at radius 1 is 1.05 bits per heavy atom. The van der Waals surface area contributed by atoms with Crippen LogP contribution in [0, 0.1) is 0 Å². The number of fused-ring (bicyclic) bond motifs is 2. The van der Waals surface area contributed by atoms with E-state index in [2.05, 4.69) is 15.5 Å². The summed E-state index contributed by atoms with van der Waals surface area (Å²) >= 11 is 0. The number of nitrogens with zero attached hydrogens (tertiary/aromatic N) is 1. The highest BCUT2D eigenvalue weighted by atomic mass is 16.5. The Kier molecular flexibility index (Phi) is 2.57. The number of hydroxylamine groups is 1. The van der Waals surface area contributed by atoms with Gasteiger partial charge in [0.2, 0.25) is 0 Å². The van der Waals surface area contributed by atoms with Crippen molar-refractivity contribution in [1.82, 2.24) is 10.5 Å². The van der Waals surface area contributed by atoms with Gasteiger partial charge in [-0.3, -0.25) is 4.99 Å². The van der Waals surface area contributed by atoms with Gasteiger partial charge in [-0.15, -0.1) is 0 Å². The summed E-state index contributed by atoms with van der Waals surface area (Å²) in [5.74, 6) is 0.0583. The lowest BCUT2D eigenvalue weighted by Crippen LogP contribution is -2.23. The standard InChI is InChI=1S/C16H13N3O2/c20-16-13(9-5-1-3-7-11(9)18-16)15-14(19-21)10-6-2-4-8-12(10)17-15/h1-8,14,18-21H. The maximum atomic E-state index is 10.2. The van der Waals surface area contributed by atoms with Gasteiger partial charge in [-0.2, -0.15) is 5.48 Å². The first-order valence-electron chi connectivity index (χ1n) is 6.67. The first kappa shape index (κ1) is 12.1. The average molecular weight is 279 g/mol. The van der Waals surface area contributed by atoms with Gasteiger partial charge in [-0.05, 0) is 12.1 Å². The number of aromatic hydroxyl groups is 1. The van der Waals surface area contributed by atoms with Gasteiger partial charge in [0, 0.05) is 16.5 Å². The number of hydrogen-bond donors (Lipinski definition) is 4. The third-order valence-electron chi connectivity index (χ3n) is 3.83. The molecule has 2 heterocycles. The monoisotopic (exact) mass is 279 g/mol. The fourth-order valence-electron chi connectivity index (χ4n) is 2.89. The largest absolute Gasteiger partial charge is 0.494 e. The van der Waals surface area contributed by atoms with Gasteiger partial charge >= 0.3 is 0 Å². The van der Waals surface area contributed by atoms with Gasteiger partial charge in [-0.25, -0.2) is 0 Å². The number of benzene rings is 2. The molecule has 1 unspecified atom stereocenters. The van der Waals surface area contributed by atoms with Crippen molar-refractivity contribution >= 4 is 22.3 Å². The Bertz CT molecular complexity index is 867. The molecule has 0 saturated heterocycles. The van der Waals surface area contributed by atoms with Crippen molar-refractivity contribution in [3.8, 4) is 5.88 Å². The molecule has 1 aliphatic rings. The summed E-state index contributed by atoms with van der Waals surface area (Å²) in [4.78, 5) is 7.51.